The summed E-state index contributed by atoms with van der Waals surface area (Å²) in [4.78, 5) is 6.59. The second kappa shape index (κ2) is 8.69. The van der Waals surface area contributed by atoms with Crippen LogP contribution >= 0.6 is 0 Å². The predicted octanol–water partition coefficient (Wildman–Crippen LogP) is 3.49. The monoisotopic (exact) mass is 286 g/mol. The van der Waals surface area contributed by atoms with Gasteiger partial charge < -0.3 is 9.64 Å². The Balaban J connectivity index is 1.82. The van der Waals surface area contributed by atoms with Crippen LogP contribution in [0, 0.1) is 11.8 Å². The van der Waals surface area contributed by atoms with E-state index in [9.17, 15) is 0 Å². The van der Waals surface area contributed by atoms with Crippen LogP contribution in [0.25, 0.3) is 0 Å². The van der Waals surface area contributed by atoms with Crippen LogP contribution in [0.3, 0.4) is 0 Å². The van der Waals surface area contributed by atoms with Crippen molar-refractivity contribution in [3.05, 3.63) is 24.0 Å². The Hall–Kier alpha value is -1.53. The van der Waals surface area contributed by atoms with E-state index in [1.165, 1.54) is 38.6 Å². The third-order valence-corrected chi connectivity index (χ3v) is 3.97. The van der Waals surface area contributed by atoms with Crippen molar-refractivity contribution in [2.24, 2.45) is 0 Å². The van der Waals surface area contributed by atoms with Crippen molar-refractivity contribution in [3.63, 3.8) is 0 Å². The highest BCUT2D eigenvalue weighted by Crippen LogP contribution is 2.17. The Kier molecular flexibility index (Phi) is 6.56. The maximum atomic E-state index is 5.87. The van der Waals surface area contributed by atoms with Crippen molar-refractivity contribution in [3.8, 4) is 17.6 Å². The number of likely N-dealkylation sites (N-methyl/N-ethyl adjacent to an activating group) is 1. The quantitative estimate of drug-likeness (QED) is 0.591. The number of ether oxygens (including phenoxy) is 1. The maximum Gasteiger partial charge on any atom is 0.138 e. The molecule has 0 amide bonds. The molecule has 2 rings (SSSR count). The summed E-state index contributed by atoms with van der Waals surface area (Å²) in [5, 5.41) is 0. The number of pyridine rings is 1. The standard InChI is InChI=1S/C18H26N2O/c1-3-4-5-6-7-9-16-12-18(14-19-13-16)21-15-17-10-8-11-20(17)2/h12-14,17H,3-6,8,10-11,15H2,1-2H3. The predicted molar refractivity (Wildman–Crippen MR) is 86.4 cm³/mol. The number of aromatic nitrogens is 1. The van der Waals surface area contributed by atoms with E-state index in [2.05, 4.69) is 35.7 Å². The molecule has 0 radical (unpaired) electrons. The average molecular weight is 286 g/mol. The SMILES string of the molecule is CCCCCC#Cc1cncc(OCC2CCCN2C)c1. The number of likely N-dealkylation sites (tertiary alicyclic amines) is 1. The Morgan fingerprint density at radius 1 is 1.38 bits per heavy atom. The van der Waals surface area contributed by atoms with Gasteiger partial charge in [0.2, 0.25) is 0 Å². The molecule has 1 unspecified atom stereocenters. The molecule has 1 aromatic rings. The lowest BCUT2D eigenvalue weighted by Crippen LogP contribution is -2.30. The van der Waals surface area contributed by atoms with E-state index < -0.39 is 0 Å². The minimum atomic E-state index is 0.536. The minimum absolute atomic E-state index is 0.536. The third kappa shape index (κ3) is 5.40. The summed E-state index contributed by atoms with van der Waals surface area (Å²) >= 11 is 0. The van der Waals surface area contributed by atoms with Crippen LogP contribution in [0.15, 0.2) is 18.5 Å². The van der Waals surface area contributed by atoms with Crippen LogP contribution in [0.2, 0.25) is 0 Å². The lowest BCUT2D eigenvalue weighted by Gasteiger charge is -2.19. The van der Waals surface area contributed by atoms with Gasteiger partial charge in [-0.1, -0.05) is 31.6 Å². The van der Waals surface area contributed by atoms with Gasteiger partial charge in [-0.3, -0.25) is 4.98 Å². The van der Waals surface area contributed by atoms with Crippen molar-refractivity contribution in [1.29, 1.82) is 0 Å². The summed E-state index contributed by atoms with van der Waals surface area (Å²) < 4.78 is 5.87. The molecule has 0 N–H and O–H groups in total. The lowest BCUT2D eigenvalue weighted by molar-refractivity contribution is 0.198. The summed E-state index contributed by atoms with van der Waals surface area (Å²) in [5.74, 6) is 7.22. The van der Waals surface area contributed by atoms with Crippen LogP contribution in [0.5, 0.6) is 5.75 Å². The fourth-order valence-electron chi connectivity index (χ4n) is 2.58. The van der Waals surface area contributed by atoms with Crippen LogP contribution in [-0.2, 0) is 0 Å². The van der Waals surface area contributed by atoms with Gasteiger partial charge >= 0.3 is 0 Å². The average Bonchev–Trinajstić information content (AvgIpc) is 2.91. The van der Waals surface area contributed by atoms with Gasteiger partial charge in [-0.25, -0.2) is 0 Å². The van der Waals surface area contributed by atoms with Crippen LogP contribution < -0.4 is 4.74 Å². The van der Waals surface area contributed by atoms with E-state index in [1.807, 2.05) is 6.07 Å². The van der Waals surface area contributed by atoms with Crippen molar-refractivity contribution >= 4 is 0 Å². The zero-order valence-electron chi connectivity index (χ0n) is 13.3. The van der Waals surface area contributed by atoms with E-state index in [-0.39, 0.29) is 0 Å². The highest BCUT2D eigenvalue weighted by molar-refractivity contribution is 5.36. The molecule has 0 aliphatic carbocycles. The van der Waals surface area contributed by atoms with Crippen LogP contribution in [0.4, 0.5) is 0 Å². The molecule has 114 valence electrons. The fraction of sp³-hybridized carbons (Fsp3) is 0.611. The van der Waals surface area contributed by atoms with E-state index in [0.29, 0.717) is 6.04 Å². The van der Waals surface area contributed by atoms with E-state index >= 15 is 0 Å². The van der Waals surface area contributed by atoms with Crippen LogP contribution in [-0.4, -0.2) is 36.1 Å². The maximum absolute atomic E-state index is 5.87. The number of hydrogen-bond donors (Lipinski definition) is 0. The first-order chi connectivity index (χ1) is 10.3. The molecule has 0 spiro atoms. The van der Waals surface area contributed by atoms with Gasteiger partial charge in [-0.15, -0.1) is 0 Å². The molecule has 1 aliphatic heterocycles. The molecule has 1 fully saturated rings. The molecule has 21 heavy (non-hydrogen) atoms. The molecular formula is C18H26N2O. The Morgan fingerprint density at radius 3 is 3.05 bits per heavy atom. The second-order valence-electron chi connectivity index (χ2n) is 5.76. The van der Waals surface area contributed by atoms with Gasteiger partial charge in [0.15, 0.2) is 0 Å². The first kappa shape index (κ1) is 15.9. The van der Waals surface area contributed by atoms with Gasteiger partial charge in [0.25, 0.3) is 0 Å². The fourth-order valence-corrected chi connectivity index (χ4v) is 2.58. The number of nitrogens with zero attached hydrogens (tertiary/aromatic N) is 2. The highest BCUT2D eigenvalue weighted by Gasteiger charge is 2.21. The topological polar surface area (TPSA) is 25.4 Å². The number of unbranched alkanes of at least 4 members (excludes halogenated alkanes) is 3. The largest absolute Gasteiger partial charge is 0.490 e. The highest BCUT2D eigenvalue weighted by atomic mass is 16.5. The molecular weight excluding hydrogens is 260 g/mol. The third-order valence-electron chi connectivity index (χ3n) is 3.97. The summed E-state index contributed by atoms with van der Waals surface area (Å²) in [7, 11) is 2.16. The Morgan fingerprint density at radius 2 is 2.29 bits per heavy atom. The Labute approximate surface area is 128 Å². The zero-order chi connectivity index (χ0) is 14.9. The minimum Gasteiger partial charge on any atom is -0.490 e. The zero-order valence-corrected chi connectivity index (χ0v) is 13.3. The molecule has 0 saturated carbocycles. The van der Waals surface area contributed by atoms with Crippen molar-refractivity contribution in [2.75, 3.05) is 20.2 Å². The van der Waals surface area contributed by atoms with E-state index in [1.54, 1.807) is 12.4 Å². The van der Waals surface area contributed by atoms with Gasteiger partial charge in [-0.05, 0) is 38.9 Å². The van der Waals surface area contributed by atoms with Crippen molar-refractivity contribution < 1.29 is 4.74 Å². The molecule has 1 aliphatic rings. The van der Waals surface area contributed by atoms with Gasteiger partial charge in [0.05, 0.1) is 6.20 Å². The molecule has 3 heteroatoms. The molecule has 0 aromatic carbocycles. The van der Waals surface area contributed by atoms with E-state index in [4.69, 9.17) is 4.74 Å². The second-order valence-corrected chi connectivity index (χ2v) is 5.76. The number of rotatable bonds is 6. The van der Waals surface area contributed by atoms with Gasteiger partial charge in [0, 0.05) is 24.2 Å². The number of hydrogen-bond acceptors (Lipinski definition) is 3. The first-order valence-electron chi connectivity index (χ1n) is 8.06. The molecule has 1 atom stereocenters. The Bertz CT molecular complexity index is 489. The van der Waals surface area contributed by atoms with Crippen LogP contribution in [0.1, 0.15) is 51.0 Å². The lowest BCUT2D eigenvalue weighted by atomic mass is 10.2. The van der Waals surface area contributed by atoms with Gasteiger partial charge in [-0.2, -0.15) is 0 Å². The normalized spacial score (nSPS) is 18.3. The molecule has 2 heterocycles. The smallest absolute Gasteiger partial charge is 0.138 e. The molecule has 0 bridgehead atoms. The molecule has 3 nitrogen and oxygen atoms in total. The first-order valence-corrected chi connectivity index (χ1v) is 8.06. The molecule has 1 aromatic heterocycles. The molecule has 1 saturated heterocycles. The van der Waals surface area contributed by atoms with E-state index in [0.717, 1.165) is 24.3 Å². The summed E-state index contributed by atoms with van der Waals surface area (Å²) in [6.07, 6.45) is 10.7. The van der Waals surface area contributed by atoms with Crippen molar-refractivity contribution in [2.45, 2.75) is 51.5 Å². The summed E-state index contributed by atoms with van der Waals surface area (Å²) in [6, 6.07) is 2.53. The van der Waals surface area contributed by atoms with Gasteiger partial charge in [0.1, 0.15) is 12.4 Å². The summed E-state index contributed by atoms with van der Waals surface area (Å²) in [5.41, 5.74) is 0.948. The summed E-state index contributed by atoms with van der Waals surface area (Å²) in [6.45, 7) is 4.13. The van der Waals surface area contributed by atoms with Crippen molar-refractivity contribution in [1.82, 2.24) is 9.88 Å².